The highest BCUT2D eigenvalue weighted by atomic mass is 79.9. The summed E-state index contributed by atoms with van der Waals surface area (Å²) in [5, 5.41) is 0. The van der Waals surface area contributed by atoms with Crippen LogP contribution in [0.1, 0.15) is 12.8 Å². The molecule has 0 radical (unpaired) electrons. The Morgan fingerprint density at radius 1 is 0.857 bits per heavy atom. The molecule has 2 rings (SSSR count). The van der Waals surface area contributed by atoms with Crippen molar-refractivity contribution < 1.29 is 14.2 Å². The predicted molar refractivity (Wildman–Crippen MR) is 87.4 cm³/mol. The third kappa shape index (κ3) is 5.31. The molecule has 2 aromatic carbocycles. The number of hydrogen-bond donors (Lipinski definition) is 0. The molecule has 0 fully saturated rings. The highest BCUT2D eigenvalue weighted by Crippen LogP contribution is 2.24. The number of unbranched alkanes of at least 4 members (excludes halogenated alkanes) is 1. The fraction of sp³-hybridized carbons (Fsp3) is 0.294. The van der Waals surface area contributed by atoms with Crippen molar-refractivity contribution >= 4 is 15.9 Å². The van der Waals surface area contributed by atoms with Gasteiger partial charge in [-0.15, -0.1) is 0 Å². The zero-order valence-electron chi connectivity index (χ0n) is 12.0. The maximum Gasteiger partial charge on any atom is 0.133 e. The van der Waals surface area contributed by atoms with E-state index in [4.69, 9.17) is 14.2 Å². The van der Waals surface area contributed by atoms with Crippen LogP contribution in [0.15, 0.2) is 53.0 Å². The van der Waals surface area contributed by atoms with Crippen LogP contribution in [0.4, 0.5) is 0 Å². The molecule has 3 nitrogen and oxygen atoms in total. The molecule has 2 aromatic rings. The number of halogens is 1. The van der Waals surface area contributed by atoms with E-state index in [0.29, 0.717) is 13.2 Å². The Bertz CT molecular complexity index is 557. The van der Waals surface area contributed by atoms with E-state index in [0.717, 1.165) is 34.6 Å². The van der Waals surface area contributed by atoms with Crippen LogP contribution in [0.2, 0.25) is 0 Å². The average Bonchev–Trinajstić information content (AvgIpc) is 2.52. The van der Waals surface area contributed by atoms with Gasteiger partial charge in [0.1, 0.15) is 17.2 Å². The Morgan fingerprint density at radius 2 is 1.57 bits per heavy atom. The zero-order chi connectivity index (χ0) is 14.9. The molecule has 0 bridgehead atoms. The normalized spacial score (nSPS) is 10.2. The summed E-state index contributed by atoms with van der Waals surface area (Å²) < 4.78 is 17.5. The van der Waals surface area contributed by atoms with Gasteiger partial charge in [0.25, 0.3) is 0 Å². The molecule has 21 heavy (non-hydrogen) atoms. The molecule has 0 N–H and O–H groups in total. The smallest absolute Gasteiger partial charge is 0.133 e. The van der Waals surface area contributed by atoms with Gasteiger partial charge in [0.2, 0.25) is 0 Å². The van der Waals surface area contributed by atoms with Crippen molar-refractivity contribution in [3.8, 4) is 17.2 Å². The van der Waals surface area contributed by atoms with Gasteiger partial charge in [-0.05, 0) is 53.0 Å². The summed E-state index contributed by atoms with van der Waals surface area (Å²) in [6.07, 6.45) is 1.90. The van der Waals surface area contributed by atoms with E-state index in [9.17, 15) is 0 Å². The van der Waals surface area contributed by atoms with Crippen molar-refractivity contribution in [2.75, 3.05) is 20.3 Å². The number of para-hydroxylation sites is 1. The van der Waals surface area contributed by atoms with Crippen molar-refractivity contribution in [1.29, 1.82) is 0 Å². The van der Waals surface area contributed by atoms with E-state index >= 15 is 0 Å². The van der Waals surface area contributed by atoms with Gasteiger partial charge in [0, 0.05) is 6.07 Å². The lowest BCUT2D eigenvalue weighted by molar-refractivity contribution is 0.265. The standard InChI is InChI=1S/C17H19BrO3/c1-19-14-7-6-8-15(13-14)20-11-4-5-12-21-17-10-3-2-9-16(17)18/h2-3,6-10,13H,4-5,11-12H2,1H3. The van der Waals surface area contributed by atoms with Gasteiger partial charge in [0.15, 0.2) is 0 Å². The zero-order valence-corrected chi connectivity index (χ0v) is 13.6. The van der Waals surface area contributed by atoms with Crippen molar-refractivity contribution in [1.82, 2.24) is 0 Å². The van der Waals surface area contributed by atoms with Crippen molar-refractivity contribution in [2.45, 2.75) is 12.8 Å². The minimum atomic E-state index is 0.673. The molecular weight excluding hydrogens is 332 g/mol. The van der Waals surface area contributed by atoms with E-state index in [1.807, 2.05) is 48.5 Å². The first-order valence-corrected chi connectivity index (χ1v) is 7.73. The quantitative estimate of drug-likeness (QED) is 0.646. The Morgan fingerprint density at radius 3 is 2.33 bits per heavy atom. The van der Waals surface area contributed by atoms with E-state index in [-0.39, 0.29) is 0 Å². The number of benzene rings is 2. The van der Waals surface area contributed by atoms with Crippen molar-refractivity contribution in [3.63, 3.8) is 0 Å². The second-order valence-electron chi connectivity index (χ2n) is 4.51. The second kappa shape index (κ2) is 8.57. The van der Waals surface area contributed by atoms with E-state index in [1.165, 1.54) is 0 Å². The first kappa shape index (κ1) is 15.7. The number of ether oxygens (including phenoxy) is 3. The van der Waals surface area contributed by atoms with Gasteiger partial charge in [-0.1, -0.05) is 18.2 Å². The van der Waals surface area contributed by atoms with E-state index in [1.54, 1.807) is 7.11 Å². The van der Waals surface area contributed by atoms with E-state index < -0.39 is 0 Å². The van der Waals surface area contributed by atoms with Gasteiger partial charge < -0.3 is 14.2 Å². The molecule has 0 amide bonds. The van der Waals surface area contributed by atoms with Crippen LogP contribution in [0.25, 0.3) is 0 Å². The van der Waals surface area contributed by atoms with Crippen LogP contribution in [0, 0.1) is 0 Å². The highest BCUT2D eigenvalue weighted by molar-refractivity contribution is 9.10. The lowest BCUT2D eigenvalue weighted by Crippen LogP contribution is -2.02. The summed E-state index contributed by atoms with van der Waals surface area (Å²) in [4.78, 5) is 0. The SMILES string of the molecule is COc1cccc(OCCCCOc2ccccc2Br)c1. The molecule has 0 saturated carbocycles. The largest absolute Gasteiger partial charge is 0.497 e. The average molecular weight is 351 g/mol. The van der Waals surface area contributed by atoms with Crippen LogP contribution in [-0.4, -0.2) is 20.3 Å². The molecule has 0 saturated heterocycles. The molecular formula is C17H19BrO3. The molecule has 4 heteroatoms. The van der Waals surface area contributed by atoms with Crippen LogP contribution >= 0.6 is 15.9 Å². The second-order valence-corrected chi connectivity index (χ2v) is 5.37. The van der Waals surface area contributed by atoms with Gasteiger partial charge >= 0.3 is 0 Å². The summed E-state index contributed by atoms with van der Waals surface area (Å²) in [6, 6.07) is 15.5. The Balaban J connectivity index is 1.63. The maximum absolute atomic E-state index is 5.70. The van der Waals surface area contributed by atoms with Gasteiger partial charge in [-0.25, -0.2) is 0 Å². The number of methoxy groups -OCH3 is 1. The third-order valence-corrected chi connectivity index (χ3v) is 3.60. The van der Waals surface area contributed by atoms with Crippen LogP contribution < -0.4 is 14.2 Å². The summed E-state index contributed by atoms with van der Waals surface area (Å²) in [7, 11) is 1.65. The van der Waals surface area contributed by atoms with Gasteiger partial charge in [0.05, 0.1) is 24.8 Å². The lowest BCUT2D eigenvalue weighted by Gasteiger charge is -2.09. The molecule has 0 aliphatic heterocycles. The van der Waals surface area contributed by atoms with Crippen LogP contribution in [0.3, 0.4) is 0 Å². The molecule has 0 atom stereocenters. The van der Waals surface area contributed by atoms with Gasteiger partial charge in [-0.3, -0.25) is 0 Å². The van der Waals surface area contributed by atoms with Crippen molar-refractivity contribution in [2.24, 2.45) is 0 Å². The maximum atomic E-state index is 5.70. The minimum absolute atomic E-state index is 0.673. The van der Waals surface area contributed by atoms with E-state index in [2.05, 4.69) is 15.9 Å². The minimum Gasteiger partial charge on any atom is -0.497 e. The first-order valence-electron chi connectivity index (χ1n) is 6.94. The number of rotatable bonds is 8. The fourth-order valence-electron chi connectivity index (χ4n) is 1.83. The fourth-order valence-corrected chi connectivity index (χ4v) is 2.23. The summed E-state index contributed by atoms with van der Waals surface area (Å²) in [5.41, 5.74) is 0. The summed E-state index contributed by atoms with van der Waals surface area (Å²) >= 11 is 3.46. The highest BCUT2D eigenvalue weighted by Gasteiger charge is 1.99. The molecule has 0 aliphatic rings. The van der Waals surface area contributed by atoms with Crippen LogP contribution in [-0.2, 0) is 0 Å². The lowest BCUT2D eigenvalue weighted by atomic mass is 10.3. The Kier molecular flexibility index (Phi) is 6.41. The molecule has 0 unspecified atom stereocenters. The van der Waals surface area contributed by atoms with Crippen molar-refractivity contribution in [3.05, 3.63) is 53.0 Å². The Labute approximate surface area is 134 Å². The monoisotopic (exact) mass is 350 g/mol. The molecule has 112 valence electrons. The van der Waals surface area contributed by atoms with Gasteiger partial charge in [-0.2, -0.15) is 0 Å². The number of hydrogen-bond acceptors (Lipinski definition) is 3. The Hall–Kier alpha value is -1.68. The van der Waals surface area contributed by atoms with Crippen LogP contribution in [0.5, 0.6) is 17.2 Å². The topological polar surface area (TPSA) is 27.7 Å². The first-order chi connectivity index (χ1) is 10.3. The predicted octanol–water partition coefficient (Wildman–Crippen LogP) is 4.70. The summed E-state index contributed by atoms with van der Waals surface area (Å²) in [5.74, 6) is 2.53. The summed E-state index contributed by atoms with van der Waals surface area (Å²) in [6.45, 7) is 1.36. The molecule has 0 spiro atoms. The molecule has 0 aromatic heterocycles. The third-order valence-electron chi connectivity index (χ3n) is 2.94. The molecule has 0 aliphatic carbocycles. The molecule has 0 heterocycles.